The van der Waals surface area contributed by atoms with Crippen molar-refractivity contribution in [2.45, 2.75) is 13.0 Å². The Balaban J connectivity index is 1.63. The predicted octanol–water partition coefficient (Wildman–Crippen LogP) is 2.93. The maximum absolute atomic E-state index is 12.0. The largest absolute Gasteiger partial charge is 0.454 e. The minimum atomic E-state index is -0.0844. The van der Waals surface area contributed by atoms with Gasteiger partial charge in [0.05, 0.1) is 6.42 Å². The molecule has 0 spiro atoms. The van der Waals surface area contributed by atoms with Gasteiger partial charge in [-0.1, -0.05) is 41.9 Å². The third-order valence-electron chi connectivity index (χ3n) is 3.26. The standard InChI is InChI=1S/C16H14ClNO3/c17-13-6-2-1-4-12(13)9-18-15(19)8-11-5-3-7-14-16(11)21-10-20-14/h1-7H,8-10H2,(H,18,19). The molecule has 5 heteroatoms. The number of carbonyl (C=O) groups excluding carboxylic acids is 1. The lowest BCUT2D eigenvalue weighted by atomic mass is 10.1. The molecule has 0 saturated heterocycles. The molecule has 4 nitrogen and oxygen atoms in total. The van der Waals surface area contributed by atoms with Crippen LogP contribution in [0.15, 0.2) is 42.5 Å². The van der Waals surface area contributed by atoms with Gasteiger partial charge in [0, 0.05) is 17.1 Å². The number of amides is 1. The van der Waals surface area contributed by atoms with Crippen molar-refractivity contribution in [3.05, 3.63) is 58.6 Å². The Morgan fingerprint density at radius 1 is 1.10 bits per heavy atom. The zero-order chi connectivity index (χ0) is 14.7. The van der Waals surface area contributed by atoms with Crippen molar-refractivity contribution >= 4 is 17.5 Å². The van der Waals surface area contributed by atoms with Gasteiger partial charge in [-0.15, -0.1) is 0 Å². The van der Waals surface area contributed by atoms with Gasteiger partial charge < -0.3 is 14.8 Å². The molecule has 0 radical (unpaired) electrons. The van der Waals surface area contributed by atoms with Gasteiger partial charge in [-0.3, -0.25) is 4.79 Å². The lowest BCUT2D eigenvalue weighted by molar-refractivity contribution is -0.120. The maximum Gasteiger partial charge on any atom is 0.231 e. The van der Waals surface area contributed by atoms with Crippen LogP contribution < -0.4 is 14.8 Å². The van der Waals surface area contributed by atoms with E-state index in [-0.39, 0.29) is 19.1 Å². The Morgan fingerprint density at radius 3 is 2.76 bits per heavy atom. The molecule has 3 rings (SSSR count). The van der Waals surface area contributed by atoms with Crippen LogP contribution in [-0.4, -0.2) is 12.7 Å². The zero-order valence-corrected chi connectivity index (χ0v) is 12.0. The second-order valence-electron chi connectivity index (χ2n) is 4.70. The van der Waals surface area contributed by atoms with Crippen LogP contribution in [0.25, 0.3) is 0 Å². The molecule has 21 heavy (non-hydrogen) atoms. The molecule has 0 aliphatic carbocycles. The average Bonchev–Trinajstić information content (AvgIpc) is 2.96. The predicted molar refractivity (Wildman–Crippen MR) is 79.6 cm³/mol. The highest BCUT2D eigenvalue weighted by Crippen LogP contribution is 2.35. The van der Waals surface area contributed by atoms with Gasteiger partial charge >= 0.3 is 0 Å². The van der Waals surface area contributed by atoms with Crippen LogP contribution in [0.4, 0.5) is 0 Å². The monoisotopic (exact) mass is 303 g/mol. The van der Waals surface area contributed by atoms with Crippen LogP contribution in [0, 0.1) is 0 Å². The molecule has 0 atom stereocenters. The number of carbonyl (C=O) groups is 1. The molecular formula is C16H14ClNO3. The first-order valence-corrected chi connectivity index (χ1v) is 6.99. The van der Waals surface area contributed by atoms with Crippen molar-refractivity contribution in [1.82, 2.24) is 5.32 Å². The third-order valence-corrected chi connectivity index (χ3v) is 3.63. The van der Waals surface area contributed by atoms with Gasteiger partial charge in [0.2, 0.25) is 12.7 Å². The molecule has 0 aromatic heterocycles. The van der Waals surface area contributed by atoms with E-state index in [1.165, 1.54) is 0 Å². The molecule has 108 valence electrons. The van der Waals surface area contributed by atoms with Crippen molar-refractivity contribution in [3.63, 3.8) is 0 Å². The van der Waals surface area contributed by atoms with Crippen molar-refractivity contribution in [1.29, 1.82) is 0 Å². The zero-order valence-electron chi connectivity index (χ0n) is 11.3. The second kappa shape index (κ2) is 6.06. The maximum atomic E-state index is 12.0. The SMILES string of the molecule is O=C(Cc1cccc2c1OCO2)NCc1ccccc1Cl. The molecule has 1 amide bonds. The van der Waals surface area contributed by atoms with Crippen LogP contribution in [0.5, 0.6) is 11.5 Å². The second-order valence-corrected chi connectivity index (χ2v) is 5.10. The van der Waals surface area contributed by atoms with E-state index >= 15 is 0 Å². The Morgan fingerprint density at radius 2 is 1.90 bits per heavy atom. The molecule has 2 aromatic carbocycles. The van der Waals surface area contributed by atoms with E-state index < -0.39 is 0 Å². The smallest absolute Gasteiger partial charge is 0.231 e. The van der Waals surface area contributed by atoms with Crippen molar-refractivity contribution < 1.29 is 14.3 Å². The van der Waals surface area contributed by atoms with Gasteiger partial charge in [-0.25, -0.2) is 0 Å². The van der Waals surface area contributed by atoms with Gasteiger partial charge in [-0.2, -0.15) is 0 Å². The fraction of sp³-hybridized carbons (Fsp3) is 0.188. The highest BCUT2D eigenvalue weighted by molar-refractivity contribution is 6.31. The summed E-state index contributed by atoms with van der Waals surface area (Å²) in [4.78, 5) is 12.0. The number of nitrogens with one attached hydrogen (secondary N) is 1. The highest BCUT2D eigenvalue weighted by atomic mass is 35.5. The summed E-state index contributed by atoms with van der Waals surface area (Å²) in [5.74, 6) is 1.26. The van der Waals surface area contributed by atoms with Crippen LogP contribution in [0.1, 0.15) is 11.1 Å². The van der Waals surface area contributed by atoms with E-state index in [4.69, 9.17) is 21.1 Å². The van der Waals surface area contributed by atoms with Gasteiger partial charge in [-0.05, 0) is 17.7 Å². The Labute approximate surface area is 127 Å². The Kier molecular flexibility index (Phi) is 3.97. The molecule has 1 N–H and O–H groups in total. The summed E-state index contributed by atoms with van der Waals surface area (Å²) in [6, 6.07) is 13.0. The Hall–Kier alpha value is -2.20. The minimum absolute atomic E-state index is 0.0844. The van der Waals surface area contributed by atoms with Gasteiger partial charge in [0.25, 0.3) is 0 Å². The number of halogens is 1. The fourth-order valence-corrected chi connectivity index (χ4v) is 2.40. The highest BCUT2D eigenvalue weighted by Gasteiger charge is 2.18. The van der Waals surface area contributed by atoms with Crippen LogP contribution in [-0.2, 0) is 17.8 Å². The number of ether oxygens (including phenoxy) is 2. The van der Waals surface area contributed by atoms with E-state index in [0.29, 0.717) is 23.1 Å². The Bertz CT molecular complexity index is 672. The summed E-state index contributed by atoms with van der Waals surface area (Å²) in [7, 11) is 0. The molecule has 0 bridgehead atoms. The number of para-hydroxylation sites is 1. The quantitative estimate of drug-likeness (QED) is 0.944. The summed E-state index contributed by atoms with van der Waals surface area (Å²) in [5, 5.41) is 3.51. The molecule has 1 heterocycles. The summed E-state index contributed by atoms with van der Waals surface area (Å²) in [6.45, 7) is 0.610. The van der Waals surface area contributed by atoms with E-state index in [9.17, 15) is 4.79 Å². The van der Waals surface area contributed by atoms with Crippen molar-refractivity contribution in [2.24, 2.45) is 0 Å². The summed E-state index contributed by atoms with van der Waals surface area (Å²) in [6.07, 6.45) is 0.247. The van der Waals surface area contributed by atoms with E-state index in [0.717, 1.165) is 11.1 Å². The number of benzene rings is 2. The summed E-state index contributed by atoms with van der Waals surface area (Å²) in [5.41, 5.74) is 1.71. The van der Waals surface area contributed by atoms with Gasteiger partial charge in [0.15, 0.2) is 11.5 Å². The van der Waals surface area contributed by atoms with Crippen molar-refractivity contribution in [2.75, 3.05) is 6.79 Å². The molecule has 0 fully saturated rings. The lowest BCUT2D eigenvalue weighted by Crippen LogP contribution is -2.24. The number of fused-ring (bicyclic) bond motifs is 1. The van der Waals surface area contributed by atoms with E-state index in [1.807, 2.05) is 36.4 Å². The summed E-state index contributed by atoms with van der Waals surface area (Å²) >= 11 is 6.06. The number of hydrogen-bond acceptors (Lipinski definition) is 3. The van der Waals surface area contributed by atoms with E-state index in [1.54, 1.807) is 6.07 Å². The molecule has 2 aromatic rings. The summed E-state index contributed by atoms with van der Waals surface area (Å²) < 4.78 is 10.7. The number of hydrogen-bond donors (Lipinski definition) is 1. The molecule has 1 aliphatic rings. The molecular weight excluding hydrogens is 290 g/mol. The molecule has 0 saturated carbocycles. The third kappa shape index (κ3) is 3.11. The van der Waals surface area contributed by atoms with Gasteiger partial charge in [0.1, 0.15) is 0 Å². The molecule has 0 unspecified atom stereocenters. The normalized spacial score (nSPS) is 12.2. The first-order valence-electron chi connectivity index (χ1n) is 6.61. The average molecular weight is 304 g/mol. The lowest BCUT2D eigenvalue weighted by Gasteiger charge is -2.08. The first kappa shape index (κ1) is 13.8. The first-order chi connectivity index (χ1) is 10.2. The topological polar surface area (TPSA) is 47.6 Å². The van der Waals surface area contributed by atoms with Crippen LogP contribution in [0.2, 0.25) is 5.02 Å². The molecule has 1 aliphatic heterocycles. The van der Waals surface area contributed by atoms with Crippen molar-refractivity contribution in [3.8, 4) is 11.5 Å². The fourth-order valence-electron chi connectivity index (χ4n) is 2.20. The number of rotatable bonds is 4. The minimum Gasteiger partial charge on any atom is -0.454 e. The van der Waals surface area contributed by atoms with Crippen LogP contribution >= 0.6 is 11.6 Å². The van der Waals surface area contributed by atoms with E-state index in [2.05, 4.69) is 5.32 Å². The van der Waals surface area contributed by atoms with Crippen LogP contribution in [0.3, 0.4) is 0 Å².